The molecule has 59 heavy (non-hydrogen) atoms. The summed E-state index contributed by atoms with van der Waals surface area (Å²) in [7, 11) is 0. The van der Waals surface area contributed by atoms with Crippen molar-refractivity contribution in [2.24, 2.45) is 0 Å². The maximum Gasteiger partial charge on any atom is 0.137 e. The van der Waals surface area contributed by atoms with Crippen LogP contribution < -0.4 is 4.90 Å². The van der Waals surface area contributed by atoms with Crippen molar-refractivity contribution in [3.63, 3.8) is 0 Å². The number of rotatable bonds is 7. The zero-order chi connectivity index (χ0) is 39.2. The lowest BCUT2D eigenvalue weighted by Crippen LogP contribution is -2.29. The minimum absolute atomic E-state index is 0.00283. The summed E-state index contributed by atoms with van der Waals surface area (Å²) in [6.45, 7) is 0. The van der Waals surface area contributed by atoms with Crippen molar-refractivity contribution in [1.82, 2.24) is 0 Å². The van der Waals surface area contributed by atoms with Crippen LogP contribution in [0.4, 0.5) is 17.1 Å². The summed E-state index contributed by atoms with van der Waals surface area (Å²) < 4.78 is 13.2. The molecule has 1 aliphatic rings. The molecule has 0 unspecified atom stereocenters. The van der Waals surface area contributed by atoms with Crippen molar-refractivity contribution in [2.45, 2.75) is 50.4 Å². The van der Waals surface area contributed by atoms with Gasteiger partial charge in [-0.25, -0.2) is 0 Å². The Kier molecular flexibility index (Phi) is 8.88. The Balaban J connectivity index is 1.09. The van der Waals surface area contributed by atoms with E-state index in [9.17, 15) is 0 Å². The monoisotopic (exact) mass is 763 g/mol. The molecule has 1 aliphatic carbocycles. The average molecular weight is 764 g/mol. The number of nitrogens with zero attached hydrogens (tertiary/aromatic N) is 1. The van der Waals surface area contributed by atoms with Gasteiger partial charge in [0.05, 0.1) is 0 Å². The average Bonchev–Trinajstić information content (AvgIpc) is 3.86. The SMILES string of the molecule is c1ccc(-c2cccc3oc4cc(N(c5ccc(C6(c7ccccc7)CCCCCCC6)cc5)c5ccc6oc7cccc(-c8ccccc8)c7c6c5)ccc4c23)cc1. The molecule has 0 amide bonds. The van der Waals surface area contributed by atoms with Crippen molar-refractivity contribution in [3.05, 3.63) is 199 Å². The molecule has 0 radical (unpaired) electrons. The van der Waals surface area contributed by atoms with E-state index < -0.39 is 0 Å². The van der Waals surface area contributed by atoms with Gasteiger partial charge in [-0.3, -0.25) is 0 Å². The van der Waals surface area contributed by atoms with Crippen LogP contribution in [0.3, 0.4) is 0 Å². The molecule has 1 fully saturated rings. The van der Waals surface area contributed by atoms with E-state index in [1.807, 2.05) is 0 Å². The predicted octanol–water partition coefficient (Wildman–Crippen LogP) is 16.3. The van der Waals surface area contributed by atoms with Crippen molar-refractivity contribution >= 4 is 60.9 Å². The molecule has 0 bridgehead atoms. The highest BCUT2D eigenvalue weighted by molar-refractivity contribution is 6.15. The van der Waals surface area contributed by atoms with Crippen molar-refractivity contribution in [3.8, 4) is 22.3 Å². The summed E-state index contributed by atoms with van der Waals surface area (Å²) in [5, 5.41) is 4.47. The summed E-state index contributed by atoms with van der Waals surface area (Å²) in [4.78, 5) is 2.38. The van der Waals surface area contributed by atoms with Gasteiger partial charge < -0.3 is 13.7 Å². The quantitative estimate of drug-likeness (QED) is 0.162. The van der Waals surface area contributed by atoms with E-state index in [4.69, 9.17) is 8.83 Å². The Morgan fingerprint density at radius 3 is 1.51 bits per heavy atom. The number of furan rings is 2. The first-order chi connectivity index (χ1) is 29.2. The molecule has 3 heteroatoms. The van der Waals surface area contributed by atoms with E-state index in [1.54, 1.807) is 0 Å². The molecule has 10 aromatic rings. The van der Waals surface area contributed by atoms with Gasteiger partial charge in [-0.15, -0.1) is 0 Å². The zero-order valence-corrected chi connectivity index (χ0v) is 33.1. The summed E-state index contributed by atoms with van der Waals surface area (Å²) in [6.07, 6.45) is 8.77. The number of benzene rings is 8. The standard InChI is InChI=1S/C56H45NO2/c1-2-13-35-56(36-14-3-1,41-21-11-6-12-22-41)42-27-29-43(30-28-42)57(44-32-34-50-49(37-44)55-47(24-16-26-52(55)58-50)40-19-9-5-10-20-40)45-31-33-48-53(38-45)59-51-25-15-23-46(54(48)51)39-17-7-4-8-18-39/h4-12,15-34,37-38H,1-3,13-14,35-36H2. The highest BCUT2D eigenvalue weighted by atomic mass is 16.3. The molecule has 0 aliphatic heterocycles. The third-order valence-electron chi connectivity index (χ3n) is 12.9. The first-order valence-electron chi connectivity index (χ1n) is 21.2. The highest BCUT2D eigenvalue weighted by Gasteiger charge is 2.34. The smallest absolute Gasteiger partial charge is 0.137 e. The minimum atomic E-state index is -0.00283. The Morgan fingerprint density at radius 2 is 0.864 bits per heavy atom. The van der Waals surface area contributed by atoms with Crippen LogP contribution in [0, 0.1) is 0 Å². The largest absolute Gasteiger partial charge is 0.456 e. The van der Waals surface area contributed by atoms with Gasteiger partial charge in [0.15, 0.2) is 0 Å². The summed E-state index contributed by atoms with van der Waals surface area (Å²) in [6, 6.07) is 68.0. The Bertz CT molecular complexity index is 3060. The van der Waals surface area contributed by atoms with E-state index in [2.05, 4.69) is 193 Å². The number of fused-ring (bicyclic) bond motifs is 6. The molecule has 2 heterocycles. The lowest BCUT2D eigenvalue weighted by molar-refractivity contribution is 0.366. The van der Waals surface area contributed by atoms with Crippen LogP contribution in [-0.2, 0) is 5.41 Å². The molecule has 3 nitrogen and oxygen atoms in total. The second kappa shape index (κ2) is 14.8. The molecule has 0 saturated heterocycles. The van der Waals surface area contributed by atoms with Crippen LogP contribution in [0.1, 0.15) is 56.1 Å². The van der Waals surface area contributed by atoms with Gasteiger partial charge >= 0.3 is 0 Å². The fourth-order valence-electron chi connectivity index (χ4n) is 10.0. The third-order valence-corrected chi connectivity index (χ3v) is 12.9. The van der Waals surface area contributed by atoms with Gasteiger partial charge in [-0.1, -0.05) is 159 Å². The maximum absolute atomic E-state index is 6.70. The zero-order valence-electron chi connectivity index (χ0n) is 33.1. The van der Waals surface area contributed by atoms with E-state index in [0.29, 0.717) is 0 Å². The normalized spacial score (nSPS) is 14.4. The van der Waals surface area contributed by atoms with Crippen LogP contribution in [0.5, 0.6) is 0 Å². The lowest BCUT2D eigenvalue weighted by Gasteiger charge is -2.37. The van der Waals surface area contributed by atoms with Gasteiger partial charge in [0.1, 0.15) is 22.3 Å². The van der Waals surface area contributed by atoms with Gasteiger partial charge in [0.25, 0.3) is 0 Å². The molecule has 11 rings (SSSR count). The second-order valence-electron chi connectivity index (χ2n) is 16.3. The first-order valence-corrected chi connectivity index (χ1v) is 21.2. The van der Waals surface area contributed by atoms with E-state index >= 15 is 0 Å². The van der Waals surface area contributed by atoms with Gasteiger partial charge in [-0.2, -0.15) is 0 Å². The molecule has 0 spiro atoms. The molecule has 0 atom stereocenters. The van der Waals surface area contributed by atoms with Crippen molar-refractivity contribution in [1.29, 1.82) is 0 Å². The maximum atomic E-state index is 6.70. The lowest BCUT2D eigenvalue weighted by atomic mass is 9.67. The summed E-state index contributed by atoms with van der Waals surface area (Å²) in [5.41, 5.74) is 14.2. The molecule has 286 valence electrons. The van der Waals surface area contributed by atoms with Gasteiger partial charge in [0.2, 0.25) is 0 Å². The number of hydrogen-bond acceptors (Lipinski definition) is 3. The van der Waals surface area contributed by atoms with Crippen LogP contribution >= 0.6 is 0 Å². The second-order valence-corrected chi connectivity index (χ2v) is 16.3. The third kappa shape index (κ3) is 6.20. The Hall–Kier alpha value is -6.84. The molecular weight excluding hydrogens is 719 g/mol. The molecular formula is C56H45NO2. The van der Waals surface area contributed by atoms with Gasteiger partial charge in [-0.05, 0) is 101 Å². The number of hydrogen-bond donors (Lipinski definition) is 0. The fraction of sp³-hybridized carbons (Fsp3) is 0.143. The summed E-state index contributed by atoms with van der Waals surface area (Å²) >= 11 is 0. The molecule has 0 N–H and O–H groups in total. The van der Waals surface area contributed by atoms with Crippen LogP contribution in [0.15, 0.2) is 197 Å². The van der Waals surface area contributed by atoms with Crippen molar-refractivity contribution < 1.29 is 8.83 Å². The van der Waals surface area contributed by atoms with E-state index in [0.717, 1.165) is 60.9 Å². The topological polar surface area (TPSA) is 29.5 Å². The first kappa shape index (κ1) is 35.3. The van der Waals surface area contributed by atoms with E-state index in [-0.39, 0.29) is 5.41 Å². The van der Waals surface area contributed by atoms with Crippen LogP contribution in [0.2, 0.25) is 0 Å². The minimum Gasteiger partial charge on any atom is -0.456 e. The van der Waals surface area contributed by atoms with Gasteiger partial charge in [0, 0.05) is 50.1 Å². The fourth-order valence-corrected chi connectivity index (χ4v) is 10.0. The Labute approximate surface area is 345 Å². The van der Waals surface area contributed by atoms with Crippen LogP contribution in [0.25, 0.3) is 66.1 Å². The summed E-state index contributed by atoms with van der Waals surface area (Å²) in [5.74, 6) is 0. The molecule has 1 saturated carbocycles. The van der Waals surface area contributed by atoms with E-state index in [1.165, 1.54) is 78.3 Å². The highest BCUT2D eigenvalue weighted by Crippen LogP contribution is 2.47. The predicted molar refractivity (Wildman–Crippen MR) is 246 cm³/mol. The van der Waals surface area contributed by atoms with Crippen molar-refractivity contribution in [2.75, 3.05) is 4.90 Å². The van der Waals surface area contributed by atoms with Crippen LogP contribution in [-0.4, -0.2) is 0 Å². The molecule has 8 aromatic carbocycles. The molecule has 2 aromatic heterocycles. The Morgan fingerprint density at radius 1 is 0.356 bits per heavy atom. The number of anilines is 3.